The summed E-state index contributed by atoms with van der Waals surface area (Å²) in [6.45, 7) is 0. The summed E-state index contributed by atoms with van der Waals surface area (Å²) in [5.41, 5.74) is 1.28. The molecule has 152 valence electrons. The lowest BCUT2D eigenvalue weighted by Crippen LogP contribution is -2.43. The van der Waals surface area contributed by atoms with Crippen LogP contribution < -0.4 is 0 Å². The van der Waals surface area contributed by atoms with Crippen LogP contribution in [0, 0.1) is 23.7 Å². The van der Waals surface area contributed by atoms with Crippen molar-refractivity contribution in [1.29, 1.82) is 0 Å². The Balaban J connectivity index is 1.13. The Bertz CT molecular complexity index is 741. The predicted octanol–water partition coefficient (Wildman–Crippen LogP) is 3.69. The number of aromatic nitrogens is 2. The molecular weight excluding hydrogens is 360 g/mol. The maximum atomic E-state index is 11.0. The van der Waals surface area contributed by atoms with E-state index >= 15 is 0 Å². The van der Waals surface area contributed by atoms with Crippen molar-refractivity contribution in [2.24, 2.45) is 23.7 Å². The van der Waals surface area contributed by atoms with E-state index in [1.54, 1.807) is 0 Å². The fourth-order valence-corrected chi connectivity index (χ4v) is 7.13. The summed E-state index contributed by atoms with van der Waals surface area (Å²) in [6.07, 6.45) is 10.9. The van der Waals surface area contributed by atoms with E-state index < -0.39 is 18.0 Å². The van der Waals surface area contributed by atoms with E-state index in [1.807, 2.05) is 0 Å². The Morgan fingerprint density at radius 3 is 2.39 bits per heavy atom. The summed E-state index contributed by atoms with van der Waals surface area (Å²) in [4.78, 5) is 29.7. The highest BCUT2D eigenvalue weighted by Gasteiger charge is 2.51. The van der Waals surface area contributed by atoms with Crippen LogP contribution in [-0.2, 0) is 19.3 Å². The number of nitrogens with one attached hydrogen (secondary N) is 1. The summed E-state index contributed by atoms with van der Waals surface area (Å²) < 4.78 is 5.53. The van der Waals surface area contributed by atoms with Gasteiger partial charge in [-0.3, -0.25) is 0 Å². The third-order valence-electron chi connectivity index (χ3n) is 8.13. The van der Waals surface area contributed by atoms with Gasteiger partial charge in [0.1, 0.15) is 5.82 Å². The quantitative estimate of drug-likeness (QED) is 0.767. The van der Waals surface area contributed by atoms with Gasteiger partial charge in [0.15, 0.2) is 0 Å². The monoisotopic (exact) mass is 388 g/mol. The number of carboxylic acids is 1. The minimum absolute atomic E-state index is 0.340. The number of nitrogens with zero attached hydrogens (tertiary/aromatic N) is 1. The lowest BCUT2D eigenvalue weighted by atomic mass is 9.51. The number of hydrogen-bond donors (Lipinski definition) is 2. The number of H-pyrrole nitrogens is 1. The van der Waals surface area contributed by atoms with Crippen LogP contribution in [0.25, 0.3) is 0 Å². The Hall–Kier alpha value is -1.44. The molecule has 1 aromatic rings. The number of imidazole rings is 1. The minimum Gasteiger partial charge on any atom is -0.477 e. The van der Waals surface area contributed by atoms with Gasteiger partial charge in [0.05, 0.1) is 5.69 Å². The normalized spacial score (nSPS) is 47.1. The van der Waals surface area contributed by atoms with Crippen LogP contribution in [0.5, 0.6) is 0 Å². The van der Waals surface area contributed by atoms with Crippen molar-refractivity contribution < 1.29 is 24.4 Å². The second-order valence-electron chi connectivity index (χ2n) is 9.82. The highest BCUT2D eigenvalue weighted by atomic mass is 17.3. The van der Waals surface area contributed by atoms with Crippen LogP contribution >= 0.6 is 0 Å². The zero-order valence-corrected chi connectivity index (χ0v) is 16.0. The van der Waals surface area contributed by atoms with Crippen molar-refractivity contribution in [3.05, 3.63) is 17.7 Å². The van der Waals surface area contributed by atoms with E-state index in [0.717, 1.165) is 42.3 Å². The number of aliphatic carboxylic acids is 1. The molecule has 7 rings (SSSR count). The largest absolute Gasteiger partial charge is 0.477 e. The lowest BCUT2D eigenvalue weighted by Gasteiger charge is -2.54. The summed E-state index contributed by atoms with van der Waals surface area (Å²) >= 11 is 0. The smallest absolute Gasteiger partial charge is 0.364 e. The molecule has 7 heteroatoms. The van der Waals surface area contributed by atoms with Crippen LogP contribution in [0.2, 0.25) is 0 Å². The van der Waals surface area contributed by atoms with Gasteiger partial charge in [0.2, 0.25) is 5.79 Å². The third-order valence-corrected chi connectivity index (χ3v) is 8.13. The minimum atomic E-state index is -1.32. The first-order valence-electron chi connectivity index (χ1n) is 10.9. The van der Waals surface area contributed by atoms with Crippen LogP contribution in [-0.4, -0.2) is 33.1 Å². The average molecular weight is 388 g/mol. The Morgan fingerprint density at radius 1 is 1.11 bits per heavy atom. The zero-order chi connectivity index (χ0) is 18.9. The van der Waals surface area contributed by atoms with Gasteiger partial charge in [-0.25, -0.2) is 9.78 Å². The van der Waals surface area contributed by atoms with Gasteiger partial charge in [-0.1, -0.05) is 0 Å². The molecule has 28 heavy (non-hydrogen) atoms. The molecule has 0 aromatic carbocycles. The van der Waals surface area contributed by atoms with E-state index in [0.29, 0.717) is 24.7 Å². The molecule has 5 saturated carbocycles. The molecule has 1 aliphatic heterocycles. The van der Waals surface area contributed by atoms with E-state index in [-0.39, 0.29) is 0 Å². The molecule has 1 saturated heterocycles. The zero-order valence-electron chi connectivity index (χ0n) is 16.0. The second kappa shape index (κ2) is 6.28. The highest BCUT2D eigenvalue weighted by molar-refractivity contribution is 5.70. The number of aromatic amines is 1. The van der Waals surface area contributed by atoms with Crippen LogP contribution in [0.15, 0.2) is 6.20 Å². The summed E-state index contributed by atoms with van der Waals surface area (Å²) in [7, 11) is 0. The first-order chi connectivity index (χ1) is 13.6. The van der Waals surface area contributed by atoms with Crippen LogP contribution in [0.4, 0.5) is 0 Å². The Morgan fingerprint density at radius 2 is 1.79 bits per heavy atom. The van der Waals surface area contributed by atoms with Crippen molar-refractivity contribution >= 4 is 5.97 Å². The van der Waals surface area contributed by atoms with Gasteiger partial charge < -0.3 is 14.8 Å². The SMILES string of the molecule is O=C(O)C1OOC2(CCC(c3nc(C4C5CC6CC(C5)CC4C6)c[nH]3)CC2)O1. The van der Waals surface area contributed by atoms with Gasteiger partial charge in [-0.05, 0) is 68.6 Å². The van der Waals surface area contributed by atoms with Crippen molar-refractivity contribution in [1.82, 2.24) is 9.97 Å². The maximum absolute atomic E-state index is 11.0. The Kier molecular flexibility index (Phi) is 3.91. The molecule has 1 spiro atoms. The average Bonchev–Trinajstić information content (AvgIpc) is 3.30. The summed E-state index contributed by atoms with van der Waals surface area (Å²) in [5.74, 6) is 3.66. The first-order valence-corrected chi connectivity index (χ1v) is 10.9. The molecule has 1 unspecified atom stereocenters. The number of ether oxygens (including phenoxy) is 1. The number of hydrogen-bond acceptors (Lipinski definition) is 5. The first kappa shape index (κ1) is 17.4. The van der Waals surface area contributed by atoms with Gasteiger partial charge in [-0.2, -0.15) is 9.78 Å². The Labute approximate surface area is 164 Å². The molecule has 5 aliphatic carbocycles. The summed E-state index contributed by atoms with van der Waals surface area (Å²) in [6, 6.07) is 0. The molecule has 0 amide bonds. The van der Waals surface area contributed by atoms with Crippen LogP contribution in [0.3, 0.4) is 0 Å². The molecule has 7 nitrogen and oxygen atoms in total. The number of rotatable bonds is 3. The van der Waals surface area contributed by atoms with Crippen molar-refractivity contribution in [3.63, 3.8) is 0 Å². The molecule has 0 radical (unpaired) electrons. The molecule has 4 bridgehead atoms. The van der Waals surface area contributed by atoms with Crippen LogP contribution in [0.1, 0.15) is 81.1 Å². The van der Waals surface area contributed by atoms with E-state index in [4.69, 9.17) is 24.6 Å². The topological polar surface area (TPSA) is 93.7 Å². The molecular formula is C21H28N2O5. The molecule has 1 aromatic heterocycles. The third kappa shape index (κ3) is 2.74. The number of carboxylic acid groups (broad SMARTS) is 1. The van der Waals surface area contributed by atoms with Crippen molar-refractivity contribution in [2.75, 3.05) is 0 Å². The fraction of sp³-hybridized carbons (Fsp3) is 0.810. The molecule has 2 heterocycles. The second-order valence-corrected chi connectivity index (χ2v) is 9.82. The van der Waals surface area contributed by atoms with Crippen molar-refractivity contribution in [2.45, 2.75) is 81.7 Å². The van der Waals surface area contributed by atoms with Gasteiger partial charge in [-0.15, -0.1) is 0 Å². The molecule has 1 atom stereocenters. The van der Waals surface area contributed by atoms with E-state index in [2.05, 4.69) is 11.2 Å². The van der Waals surface area contributed by atoms with E-state index in [1.165, 1.54) is 37.8 Å². The van der Waals surface area contributed by atoms with E-state index in [9.17, 15) is 4.79 Å². The highest BCUT2D eigenvalue weighted by Crippen LogP contribution is 2.59. The van der Waals surface area contributed by atoms with Gasteiger partial charge in [0.25, 0.3) is 6.29 Å². The van der Waals surface area contributed by atoms with Crippen molar-refractivity contribution in [3.8, 4) is 0 Å². The molecule has 2 N–H and O–H groups in total. The van der Waals surface area contributed by atoms with Gasteiger partial charge in [0, 0.05) is 30.9 Å². The van der Waals surface area contributed by atoms with Gasteiger partial charge >= 0.3 is 5.97 Å². The molecule has 6 aliphatic rings. The standard InChI is InChI=1S/C21H28N2O5/c24-19(25)20-26-21(28-27-20)3-1-13(2-4-21)18-22-10-16(23-18)17-14-6-11-5-12(8-14)9-15(17)7-11/h10-15,17,20H,1-9H2,(H,22,23)(H,24,25). The predicted molar refractivity (Wildman–Crippen MR) is 97.0 cm³/mol. The lowest BCUT2D eigenvalue weighted by molar-refractivity contribution is -0.335. The maximum Gasteiger partial charge on any atom is 0.364 e. The summed E-state index contributed by atoms with van der Waals surface area (Å²) in [5, 5.41) is 9.03. The fourth-order valence-electron chi connectivity index (χ4n) is 7.13. The number of carbonyl (C=O) groups is 1. The molecule has 6 fully saturated rings.